The highest BCUT2D eigenvalue weighted by molar-refractivity contribution is 5.98. The Kier molecular flexibility index (Phi) is 8.18. The number of carbonyl (C=O) groups is 2. The van der Waals surface area contributed by atoms with Crippen LogP contribution in [0.4, 0.5) is 5.82 Å². The van der Waals surface area contributed by atoms with Crippen LogP contribution in [0.25, 0.3) is 16.8 Å². The number of amides is 2. The summed E-state index contributed by atoms with van der Waals surface area (Å²) in [4.78, 5) is 28.1. The molecule has 2 amide bonds. The highest BCUT2D eigenvalue weighted by Gasteiger charge is 2.24. The Labute approximate surface area is 218 Å². The maximum Gasteiger partial charge on any atom is 0.245 e. The predicted octanol–water partition coefficient (Wildman–Crippen LogP) is 5.96. The first-order valence-electron chi connectivity index (χ1n) is 12.7. The summed E-state index contributed by atoms with van der Waals surface area (Å²) in [5, 5.41) is 7.87. The summed E-state index contributed by atoms with van der Waals surface area (Å²) in [6.45, 7) is 7.81. The summed E-state index contributed by atoms with van der Waals surface area (Å²) in [6, 6.07) is 27.7. The van der Waals surface area contributed by atoms with Crippen molar-refractivity contribution in [1.82, 2.24) is 14.7 Å². The summed E-state index contributed by atoms with van der Waals surface area (Å²) in [5.41, 5.74) is 5.74. The van der Waals surface area contributed by atoms with Crippen molar-refractivity contribution < 1.29 is 9.59 Å². The van der Waals surface area contributed by atoms with Gasteiger partial charge in [-0.05, 0) is 57.4 Å². The quantitative estimate of drug-likeness (QED) is 0.312. The van der Waals surface area contributed by atoms with Crippen LogP contribution in [0, 0.1) is 13.8 Å². The molecular formula is C31H34N4O2. The molecule has 0 spiro atoms. The van der Waals surface area contributed by atoms with Crippen LogP contribution < -0.4 is 5.32 Å². The SMILES string of the molecule is Cc1ccc(-n2nc(C)c(-c3ccccc3)c2NC(=O)CN(C(=O)CCc2ccccc2)C(C)C)cc1. The van der Waals surface area contributed by atoms with Crippen molar-refractivity contribution >= 4 is 17.6 Å². The lowest BCUT2D eigenvalue weighted by molar-refractivity contribution is -0.136. The second kappa shape index (κ2) is 11.7. The molecule has 1 aromatic heterocycles. The molecule has 190 valence electrons. The summed E-state index contributed by atoms with van der Waals surface area (Å²) < 4.78 is 1.77. The second-order valence-corrected chi connectivity index (χ2v) is 9.57. The van der Waals surface area contributed by atoms with E-state index in [4.69, 9.17) is 5.10 Å². The molecule has 0 unspecified atom stereocenters. The Hall–Kier alpha value is -4.19. The molecule has 0 aliphatic carbocycles. The third-order valence-electron chi connectivity index (χ3n) is 6.39. The zero-order valence-corrected chi connectivity index (χ0v) is 21.9. The molecule has 4 aromatic rings. The second-order valence-electron chi connectivity index (χ2n) is 9.57. The van der Waals surface area contributed by atoms with E-state index in [1.165, 1.54) is 0 Å². The van der Waals surface area contributed by atoms with Crippen molar-refractivity contribution in [2.75, 3.05) is 11.9 Å². The first kappa shape index (κ1) is 25.9. The number of nitrogens with zero attached hydrogens (tertiary/aromatic N) is 3. The monoisotopic (exact) mass is 494 g/mol. The van der Waals surface area contributed by atoms with Gasteiger partial charge < -0.3 is 10.2 Å². The van der Waals surface area contributed by atoms with Gasteiger partial charge in [-0.3, -0.25) is 9.59 Å². The van der Waals surface area contributed by atoms with Crippen LogP contribution in [0.1, 0.15) is 37.1 Å². The van der Waals surface area contributed by atoms with Crippen LogP contribution in [-0.2, 0) is 16.0 Å². The molecule has 0 atom stereocenters. The molecule has 0 radical (unpaired) electrons. The van der Waals surface area contributed by atoms with Crippen molar-refractivity contribution in [2.45, 2.75) is 46.6 Å². The van der Waals surface area contributed by atoms with Gasteiger partial charge in [0.2, 0.25) is 11.8 Å². The summed E-state index contributed by atoms with van der Waals surface area (Å²) in [6.07, 6.45) is 0.993. The number of benzene rings is 3. The number of hydrogen-bond donors (Lipinski definition) is 1. The maximum absolute atomic E-state index is 13.4. The Balaban J connectivity index is 1.59. The molecule has 1 N–H and O–H groups in total. The van der Waals surface area contributed by atoms with Gasteiger partial charge in [-0.2, -0.15) is 5.10 Å². The molecule has 6 nitrogen and oxygen atoms in total. The molecule has 0 aliphatic rings. The fourth-order valence-electron chi connectivity index (χ4n) is 4.39. The predicted molar refractivity (Wildman–Crippen MR) is 149 cm³/mol. The molecule has 0 aliphatic heterocycles. The zero-order valence-electron chi connectivity index (χ0n) is 21.9. The smallest absolute Gasteiger partial charge is 0.245 e. The molecular weight excluding hydrogens is 460 g/mol. The number of rotatable bonds is 9. The standard InChI is InChI=1S/C31H34N4O2/c1-22(2)34(29(37)20-17-25-11-7-5-8-12-25)21-28(36)32-31-30(26-13-9-6-10-14-26)24(4)33-35(31)27-18-15-23(3)16-19-27/h5-16,18-19,22H,17,20-21H2,1-4H3,(H,32,36). The molecule has 37 heavy (non-hydrogen) atoms. The summed E-state index contributed by atoms with van der Waals surface area (Å²) in [7, 11) is 0. The maximum atomic E-state index is 13.4. The number of aromatic nitrogens is 2. The first-order valence-corrected chi connectivity index (χ1v) is 12.7. The third kappa shape index (κ3) is 6.33. The zero-order chi connectivity index (χ0) is 26.4. The Morgan fingerprint density at radius 1 is 0.892 bits per heavy atom. The van der Waals surface area contributed by atoms with Crippen molar-refractivity contribution in [3.63, 3.8) is 0 Å². The third-order valence-corrected chi connectivity index (χ3v) is 6.39. The molecule has 0 fully saturated rings. The normalized spacial score (nSPS) is 10.9. The molecule has 0 saturated heterocycles. The number of anilines is 1. The minimum absolute atomic E-state index is 0.0301. The van der Waals surface area contributed by atoms with Gasteiger partial charge in [0.1, 0.15) is 12.4 Å². The van der Waals surface area contributed by atoms with Crippen LogP contribution in [0.5, 0.6) is 0 Å². The fraction of sp³-hybridized carbons (Fsp3) is 0.258. The van der Waals surface area contributed by atoms with Crippen LogP contribution >= 0.6 is 0 Å². The van der Waals surface area contributed by atoms with E-state index in [9.17, 15) is 9.59 Å². The number of aryl methyl sites for hydroxylation is 3. The molecule has 0 saturated carbocycles. The van der Waals surface area contributed by atoms with Crippen LogP contribution in [0.2, 0.25) is 0 Å². The van der Waals surface area contributed by atoms with E-state index in [2.05, 4.69) is 5.32 Å². The molecule has 6 heteroatoms. The molecule has 1 heterocycles. The van der Waals surface area contributed by atoms with Gasteiger partial charge in [0.15, 0.2) is 0 Å². The van der Waals surface area contributed by atoms with Gasteiger partial charge in [-0.1, -0.05) is 78.4 Å². The van der Waals surface area contributed by atoms with E-state index in [0.29, 0.717) is 18.7 Å². The average Bonchev–Trinajstić information content (AvgIpc) is 3.22. The number of carbonyl (C=O) groups excluding carboxylic acids is 2. The van der Waals surface area contributed by atoms with Gasteiger partial charge in [-0.15, -0.1) is 0 Å². The van der Waals surface area contributed by atoms with Gasteiger partial charge in [-0.25, -0.2) is 4.68 Å². The topological polar surface area (TPSA) is 67.2 Å². The highest BCUT2D eigenvalue weighted by Crippen LogP contribution is 2.33. The van der Waals surface area contributed by atoms with E-state index in [1.807, 2.05) is 113 Å². The number of nitrogens with one attached hydrogen (secondary N) is 1. The highest BCUT2D eigenvalue weighted by atomic mass is 16.2. The number of hydrogen-bond acceptors (Lipinski definition) is 3. The van der Waals surface area contributed by atoms with Gasteiger partial charge >= 0.3 is 0 Å². The van der Waals surface area contributed by atoms with E-state index in [0.717, 1.165) is 33.6 Å². The van der Waals surface area contributed by atoms with Crippen molar-refractivity contribution in [1.29, 1.82) is 0 Å². The summed E-state index contributed by atoms with van der Waals surface area (Å²) in [5.74, 6) is 0.297. The van der Waals surface area contributed by atoms with Crippen LogP contribution in [-0.4, -0.2) is 39.1 Å². The van der Waals surface area contributed by atoms with Gasteiger partial charge in [0.25, 0.3) is 0 Å². The average molecular weight is 495 g/mol. The van der Waals surface area contributed by atoms with E-state index in [1.54, 1.807) is 9.58 Å². The Bertz CT molecular complexity index is 1340. The molecule has 3 aromatic carbocycles. The fourth-order valence-corrected chi connectivity index (χ4v) is 4.39. The molecule has 0 bridgehead atoms. The summed E-state index contributed by atoms with van der Waals surface area (Å²) >= 11 is 0. The van der Waals surface area contributed by atoms with Gasteiger partial charge in [0.05, 0.1) is 11.4 Å². The van der Waals surface area contributed by atoms with Crippen LogP contribution in [0.3, 0.4) is 0 Å². The van der Waals surface area contributed by atoms with E-state index in [-0.39, 0.29) is 24.4 Å². The van der Waals surface area contributed by atoms with E-state index >= 15 is 0 Å². The van der Waals surface area contributed by atoms with Crippen molar-refractivity contribution in [2.24, 2.45) is 0 Å². The van der Waals surface area contributed by atoms with E-state index < -0.39 is 0 Å². The molecule has 4 rings (SSSR count). The lowest BCUT2D eigenvalue weighted by atomic mass is 10.1. The Morgan fingerprint density at radius 3 is 2.14 bits per heavy atom. The minimum Gasteiger partial charge on any atom is -0.331 e. The lowest BCUT2D eigenvalue weighted by Gasteiger charge is -2.26. The Morgan fingerprint density at radius 2 is 1.51 bits per heavy atom. The van der Waals surface area contributed by atoms with Crippen LogP contribution in [0.15, 0.2) is 84.9 Å². The lowest BCUT2D eigenvalue weighted by Crippen LogP contribution is -2.42. The minimum atomic E-state index is -0.257. The van der Waals surface area contributed by atoms with Crippen molar-refractivity contribution in [3.8, 4) is 16.8 Å². The van der Waals surface area contributed by atoms with Crippen molar-refractivity contribution in [3.05, 3.63) is 102 Å². The first-order chi connectivity index (χ1) is 17.8. The van der Waals surface area contributed by atoms with Gasteiger partial charge in [0, 0.05) is 18.0 Å². The largest absolute Gasteiger partial charge is 0.331 e.